The number of ether oxygens (including phenoxy) is 2. The van der Waals surface area contributed by atoms with Crippen molar-refractivity contribution in [2.24, 2.45) is 0 Å². The van der Waals surface area contributed by atoms with Crippen molar-refractivity contribution in [2.75, 3.05) is 26.8 Å². The Kier molecular flexibility index (Phi) is 10.8. The minimum absolute atomic E-state index is 0.149. The number of carbonyl (C=O) groups is 1. The van der Waals surface area contributed by atoms with Crippen LogP contribution in [0.5, 0.6) is 5.75 Å². The molecular formula is C33H34F3NO4S. The van der Waals surface area contributed by atoms with Gasteiger partial charge in [-0.15, -0.1) is 11.8 Å². The van der Waals surface area contributed by atoms with Gasteiger partial charge in [0.2, 0.25) is 0 Å². The summed E-state index contributed by atoms with van der Waals surface area (Å²) in [5.74, 6) is 2.11. The molecule has 0 bridgehead atoms. The van der Waals surface area contributed by atoms with Crippen LogP contribution >= 0.6 is 11.8 Å². The van der Waals surface area contributed by atoms with Crippen molar-refractivity contribution in [1.82, 2.24) is 4.90 Å². The quantitative estimate of drug-likeness (QED) is 0.114. The third kappa shape index (κ3) is 8.90. The second-order valence-corrected chi connectivity index (χ2v) is 11.0. The number of esters is 1. The highest BCUT2D eigenvalue weighted by atomic mass is 32.2. The Hall–Kier alpha value is -3.69. The number of alkyl halides is 3. The maximum atomic E-state index is 13.1. The zero-order chi connectivity index (χ0) is 30.1. The van der Waals surface area contributed by atoms with E-state index in [2.05, 4.69) is 17.0 Å². The Balaban J connectivity index is 1.48. The number of aryl methyl sites for hydroxylation is 1. The molecule has 0 saturated heterocycles. The van der Waals surface area contributed by atoms with E-state index in [1.807, 2.05) is 56.4 Å². The molecular weight excluding hydrogens is 563 g/mol. The Labute approximate surface area is 248 Å². The molecule has 4 rings (SSSR count). The van der Waals surface area contributed by atoms with Gasteiger partial charge >= 0.3 is 12.1 Å². The largest absolute Gasteiger partial charge is 0.482 e. The third-order valence-corrected chi connectivity index (χ3v) is 7.67. The fourth-order valence-corrected chi connectivity index (χ4v) is 5.34. The molecule has 0 unspecified atom stereocenters. The first-order valence-corrected chi connectivity index (χ1v) is 14.6. The minimum Gasteiger partial charge on any atom is -0.482 e. The lowest BCUT2D eigenvalue weighted by atomic mass is 10.1. The maximum absolute atomic E-state index is 13.1. The zero-order valence-corrected chi connectivity index (χ0v) is 24.7. The lowest BCUT2D eigenvalue weighted by molar-refractivity contribution is -0.145. The van der Waals surface area contributed by atoms with Crippen LogP contribution in [0.25, 0.3) is 11.3 Å². The monoisotopic (exact) mass is 597 g/mol. The van der Waals surface area contributed by atoms with Gasteiger partial charge in [0.15, 0.2) is 6.61 Å². The van der Waals surface area contributed by atoms with Gasteiger partial charge in [-0.2, -0.15) is 13.2 Å². The number of halogens is 3. The van der Waals surface area contributed by atoms with Crippen LogP contribution in [0.3, 0.4) is 0 Å². The minimum atomic E-state index is -4.40. The van der Waals surface area contributed by atoms with E-state index in [9.17, 15) is 18.0 Å². The SMILES string of the molecule is CCOC(=O)COc1ccc(SCc2cc(-c3ccc(C(F)(F)F)cc3)oc2CN(C)CCc2ccccc2)cc1C. The van der Waals surface area contributed by atoms with Crippen molar-refractivity contribution in [3.8, 4) is 17.1 Å². The van der Waals surface area contributed by atoms with Gasteiger partial charge in [-0.25, -0.2) is 4.79 Å². The van der Waals surface area contributed by atoms with Crippen LogP contribution in [0.1, 0.15) is 34.9 Å². The summed E-state index contributed by atoms with van der Waals surface area (Å²) in [6, 6.07) is 22.9. The van der Waals surface area contributed by atoms with Gasteiger partial charge in [0.25, 0.3) is 0 Å². The average molecular weight is 598 g/mol. The van der Waals surface area contributed by atoms with Gasteiger partial charge in [0.1, 0.15) is 17.3 Å². The first-order valence-electron chi connectivity index (χ1n) is 13.7. The molecule has 0 amide bonds. The van der Waals surface area contributed by atoms with Crippen molar-refractivity contribution in [1.29, 1.82) is 0 Å². The van der Waals surface area contributed by atoms with E-state index < -0.39 is 17.7 Å². The molecule has 5 nitrogen and oxygen atoms in total. The summed E-state index contributed by atoms with van der Waals surface area (Å²) in [5.41, 5.74) is 3.01. The van der Waals surface area contributed by atoms with Crippen molar-refractivity contribution >= 4 is 17.7 Å². The summed E-state index contributed by atoms with van der Waals surface area (Å²) in [5, 5.41) is 0. The molecule has 1 aromatic heterocycles. The van der Waals surface area contributed by atoms with Crippen LogP contribution in [0.2, 0.25) is 0 Å². The predicted molar refractivity (Wildman–Crippen MR) is 158 cm³/mol. The molecule has 0 aliphatic rings. The average Bonchev–Trinajstić information content (AvgIpc) is 3.37. The second-order valence-electron chi connectivity index (χ2n) is 9.92. The van der Waals surface area contributed by atoms with Crippen LogP contribution < -0.4 is 4.74 Å². The maximum Gasteiger partial charge on any atom is 0.416 e. The number of likely N-dealkylation sites (N-methyl/N-ethyl adjacent to an activating group) is 1. The number of benzene rings is 3. The van der Waals surface area contributed by atoms with Crippen LogP contribution in [0, 0.1) is 6.92 Å². The summed E-state index contributed by atoms with van der Waals surface area (Å²) in [4.78, 5) is 14.8. The molecule has 0 aliphatic heterocycles. The van der Waals surface area contributed by atoms with Crippen LogP contribution in [0.15, 0.2) is 88.2 Å². The number of rotatable bonds is 13. The smallest absolute Gasteiger partial charge is 0.416 e. The molecule has 0 N–H and O–H groups in total. The summed E-state index contributed by atoms with van der Waals surface area (Å²) < 4.78 is 56.0. The highest BCUT2D eigenvalue weighted by Gasteiger charge is 2.30. The molecule has 0 saturated carbocycles. The number of carbonyl (C=O) groups excluding carboxylic acids is 1. The molecule has 0 atom stereocenters. The molecule has 1 heterocycles. The highest BCUT2D eigenvalue weighted by molar-refractivity contribution is 7.98. The Morgan fingerprint density at radius 3 is 2.40 bits per heavy atom. The lowest BCUT2D eigenvalue weighted by Crippen LogP contribution is -2.21. The van der Waals surface area contributed by atoms with Crippen molar-refractivity contribution in [3.05, 3.63) is 107 Å². The van der Waals surface area contributed by atoms with Crippen molar-refractivity contribution in [3.63, 3.8) is 0 Å². The van der Waals surface area contributed by atoms with E-state index in [1.165, 1.54) is 17.7 Å². The fourth-order valence-electron chi connectivity index (χ4n) is 4.35. The van der Waals surface area contributed by atoms with Crippen molar-refractivity contribution in [2.45, 2.75) is 43.6 Å². The second kappa shape index (κ2) is 14.5. The van der Waals surface area contributed by atoms with Gasteiger partial charge in [0.05, 0.1) is 18.7 Å². The van der Waals surface area contributed by atoms with E-state index in [1.54, 1.807) is 18.7 Å². The summed E-state index contributed by atoms with van der Waals surface area (Å²) in [6.45, 7) is 5.19. The van der Waals surface area contributed by atoms with Crippen molar-refractivity contribution < 1.29 is 31.9 Å². The summed E-state index contributed by atoms with van der Waals surface area (Å²) in [7, 11) is 2.03. The number of furan rings is 1. The molecule has 9 heteroatoms. The molecule has 0 spiro atoms. The standard InChI is InChI=1S/C33H34F3NO4S/c1-4-39-32(38)21-40-29-15-14-28(18-23(29)2)42-22-26-19-30(25-10-12-27(13-11-25)33(34,35)36)41-31(26)20-37(3)17-16-24-8-6-5-7-9-24/h5-15,18-19H,4,16-17,20-22H2,1-3H3. The van der Waals surface area contributed by atoms with Gasteiger partial charge < -0.3 is 13.9 Å². The van der Waals surface area contributed by atoms with Gasteiger partial charge in [-0.1, -0.05) is 42.5 Å². The van der Waals surface area contributed by atoms with Crippen LogP contribution in [-0.4, -0.2) is 37.7 Å². The van der Waals surface area contributed by atoms with Gasteiger partial charge in [0, 0.05) is 28.3 Å². The Morgan fingerprint density at radius 1 is 1.00 bits per heavy atom. The van der Waals surface area contributed by atoms with E-state index in [4.69, 9.17) is 13.9 Å². The fraction of sp³-hybridized carbons (Fsp3) is 0.303. The zero-order valence-electron chi connectivity index (χ0n) is 23.9. The highest BCUT2D eigenvalue weighted by Crippen LogP contribution is 2.35. The third-order valence-electron chi connectivity index (χ3n) is 6.62. The molecule has 42 heavy (non-hydrogen) atoms. The summed E-state index contributed by atoms with van der Waals surface area (Å²) >= 11 is 1.62. The van der Waals surface area contributed by atoms with Crippen LogP contribution in [0.4, 0.5) is 13.2 Å². The first kappa shape index (κ1) is 31.3. The first-order chi connectivity index (χ1) is 20.1. The van der Waals surface area contributed by atoms with Crippen LogP contribution in [-0.2, 0) is 34.4 Å². The molecule has 4 aromatic rings. The van der Waals surface area contributed by atoms with E-state index in [0.29, 0.717) is 36.0 Å². The van der Waals surface area contributed by atoms with Gasteiger partial charge in [-0.3, -0.25) is 4.90 Å². The number of hydrogen-bond acceptors (Lipinski definition) is 6. The number of thioether (sulfide) groups is 1. The molecule has 222 valence electrons. The number of nitrogens with zero attached hydrogens (tertiary/aromatic N) is 1. The molecule has 0 radical (unpaired) electrons. The normalized spacial score (nSPS) is 11.6. The predicted octanol–water partition coefficient (Wildman–Crippen LogP) is 8.18. The molecule has 3 aromatic carbocycles. The summed E-state index contributed by atoms with van der Waals surface area (Å²) in [6.07, 6.45) is -3.51. The topological polar surface area (TPSA) is 51.9 Å². The lowest BCUT2D eigenvalue weighted by Gasteiger charge is -2.16. The Morgan fingerprint density at radius 2 is 1.74 bits per heavy atom. The molecule has 0 aliphatic carbocycles. The van der Waals surface area contributed by atoms with Gasteiger partial charge in [-0.05, 0) is 74.8 Å². The molecule has 0 fully saturated rings. The van der Waals surface area contributed by atoms with E-state index in [0.717, 1.165) is 46.9 Å². The number of hydrogen-bond donors (Lipinski definition) is 0. The van der Waals surface area contributed by atoms with E-state index in [-0.39, 0.29) is 6.61 Å². The van der Waals surface area contributed by atoms with E-state index >= 15 is 0 Å². The Bertz CT molecular complexity index is 1450.